The summed E-state index contributed by atoms with van der Waals surface area (Å²) < 4.78 is 50.5. The largest absolute Gasteiger partial charge is 0.475 e. The van der Waals surface area contributed by atoms with E-state index in [1.54, 1.807) is 12.1 Å². The van der Waals surface area contributed by atoms with E-state index in [1.807, 2.05) is 6.07 Å². The van der Waals surface area contributed by atoms with Crippen LogP contribution >= 0.6 is 46.4 Å². The van der Waals surface area contributed by atoms with Crippen molar-refractivity contribution in [2.75, 3.05) is 6.61 Å². The van der Waals surface area contributed by atoms with E-state index in [-0.39, 0.29) is 27.2 Å². The van der Waals surface area contributed by atoms with Crippen LogP contribution < -0.4 is 9.47 Å². The summed E-state index contributed by atoms with van der Waals surface area (Å²) >= 11 is 24.5. The predicted molar refractivity (Wildman–Crippen MR) is 135 cm³/mol. The third-order valence-electron chi connectivity index (χ3n) is 5.42. The highest BCUT2D eigenvalue weighted by molar-refractivity contribution is 6.35. The lowest BCUT2D eigenvalue weighted by atomic mass is 9.74. The molecular weight excluding hydrogens is 575 g/mol. The van der Waals surface area contributed by atoms with Crippen LogP contribution in [0, 0.1) is 11.3 Å². The Kier molecular flexibility index (Phi) is 8.55. The van der Waals surface area contributed by atoms with Gasteiger partial charge in [-0.1, -0.05) is 64.6 Å². The second kappa shape index (κ2) is 11.0. The second-order valence-corrected chi connectivity index (χ2v) is 9.91. The molecule has 0 N–H and O–H groups in total. The fourth-order valence-electron chi connectivity index (χ4n) is 3.46. The van der Waals surface area contributed by atoms with E-state index in [0.29, 0.717) is 17.3 Å². The van der Waals surface area contributed by atoms with E-state index in [4.69, 9.17) is 55.9 Å². The number of hydrogen-bond acceptors (Lipinski definition) is 5. The number of halogens is 7. The highest BCUT2D eigenvalue weighted by Crippen LogP contribution is 2.39. The lowest BCUT2D eigenvalue weighted by molar-refractivity contribution is -0.139. The molecule has 3 aromatic rings. The molecule has 0 radical (unpaired) electrons. The van der Waals surface area contributed by atoms with Crippen LogP contribution in [0.4, 0.5) is 13.2 Å². The van der Waals surface area contributed by atoms with E-state index >= 15 is 0 Å². The molecule has 0 aliphatic carbocycles. The molecule has 0 saturated carbocycles. The number of ether oxygens (including phenoxy) is 2. The molecule has 1 aromatic heterocycles. The Morgan fingerprint density at radius 3 is 2.24 bits per heavy atom. The molecule has 37 heavy (non-hydrogen) atoms. The van der Waals surface area contributed by atoms with Crippen molar-refractivity contribution < 1.29 is 27.4 Å². The third kappa shape index (κ3) is 6.24. The van der Waals surface area contributed by atoms with E-state index in [9.17, 15) is 23.2 Å². The van der Waals surface area contributed by atoms with Crippen LogP contribution in [0.25, 0.3) is 0 Å². The van der Waals surface area contributed by atoms with Crippen LogP contribution in [0.2, 0.25) is 20.1 Å². The van der Waals surface area contributed by atoms with Gasteiger partial charge in [0.05, 0.1) is 16.7 Å². The smallest absolute Gasteiger partial charge is 0.417 e. The van der Waals surface area contributed by atoms with Gasteiger partial charge in [-0.15, -0.1) is 0 Å². The predicted octanol–water partition coefficient (Wildman–Crippen LogP) is 7.98. The summed E-state index contributed by atoms with van der Waals surface area (Å²) in [5.74, 6) is -1.06. The molecule has 3 rings (SSSR count). The fourth-order valence-corrected chi connectivity index (χ4v) is 4.45. The first-order chi connectivity index (χ1) is 17.2. The number of benzene rings is 2. The van der Waals surface area contributed by atoms with E-state index < -0.39 is 40.2 Å². The standard InChI is InChI=1S/C25H17Cl4F3N2O3/c1-23(12-33,16-8-7-15(26)10-18(16)28)22(35)24(2,37-20-6-4-3-5-17(20)27)13-36-21-19(29)9-14(11-34-21)25(30,31)32/h3-11H,13H2,1-2H3. The monoisotopic (exact) mass is 590 g/mol. The maximum atomic E-state index is 14.0. The molecule has 2 unspecified atom stereocenters. The fraction of sp³-hybridized carbons (Fsp3) is 0.240. The molecule has 0 amide bonds. The van der Waals surface area contributed by atoms with Crippen LogP contribution in [0.1, 0.15) is 25.0 Å². The molecule has 0 aliphatic heterocycles. The minimum Gasteiger partial charge on any atom is -0.475 e. The summed E-state index contributed by atoms with van der Waals surface area (Å²) in [6.45, 7) is 2.09. The van der Waals surface area contributed by atoms with Gasteiger partial charge in [-0.2, -0.15) is 18.4 Å². The van der Waals surface area contributed by atoms with E-state index in [2.05, 4.69) is 4.98 Å². The van der Waals surface area contributed by atoms with Gasteiger partial charge in [-0.05, 0) is 49.7 Å². The summed E-state index contributed by atoms with van der Waals surface area (Å²) in [5.41, 5.74) is -4.71. The second-order valence-electron chi connectivity index (χ2n) is 8.25. The van der Waals surface area contributed by atoms with Crippen LogP contribution in [0.3, 0.4) is 0 Å². The lowest BCUT2D eigenvalue weighted by Gasteiger charge is -2.35. The summed E-state index contributed by atoms with van der Waals surface area (Å²) in [4.78, 5) is 17.6. The van der Waals surface area contributed by atoms with Crippen molar-refractivity contribution in [2.45, 2.75) is 31.0 Å². The van der Waals surface area contributed by atoms with E-state index in [1.165, 1.54) is 44.2 Å². The van der Waals surface area contributed by atoms with Crippen molar-refractivity contribution in [3.63, 3.8) is 0 Å². The average Bonchev–Trinajstić information content (AvgIpc) is 2.83. The maximum absolute atomic E-state index is 14.0. The highest BCUT2D eigenvalue weighted by Gasteiger charge is 2.50. The summed E-state index contributed by atoms with van der Waals surface area (Å²) in [6, 6.07) is 13.2. The molecule has 0 fully saturated rings. The Morgan fingerprint density at radius 2 is 1.68 bits per heavy atom. The Morgan fingerprint density at radius 1 is 1.00 bits per heavy atom. The van der Waals surface area contributed by atoms with Gasteiger partial charge >= 0.3 is 6.18 Å². The zero-order chi connectivity index (χ0) is 27.6. The first-order valence-electron chi connectivity index (χ1n) is 10.4. The zero-order valence-corrected chi connectivity index (χ0v) is 22.2. The van der Waals surface area contributed by atoms with Crippen molar-refractivity contribution in [1.29, 1.82) is 5.26 Å². The lowest BCUT2D eigenvalue weighted by Crippen LogP contribution is -2.54. The van der Waals surface area contributed by atoms with Gasteiger partial charge in [-0.3, -0.25) is 4.79 Å². The molecule has 0 bridgehead atoms. The molecule has 0 spiro atoms. The molecule has 0 saturated heterocycles. The minimum absolute atomic E-state index is 0.0679. The van der Waals surface area contributed by atoms with Crippen LogP contribution in [0.5, 0.6) is 11.6 Å². The number of pyridine rings is 1. The summed E-state index contributed by atoms with van der Waals surface area (Å²) in [5, 5.41) is 10.2. The average molecular weight is 592 g/mol. The van der Waals surface area contributed by atoms with Gasteiger partial charge in [0.25, 0.3) is 0 Å². The zero-order valence-electron chi connectivity index (χ0n) is 19.2. The van der Waals surface area contributed by atoms with Crippen LogP contribution in [0.15, 0.2) is 54.7 Å². The molecule has 0 aliphatic rings. The Bertz CT molecular complexity index is 1380. The molecular formula is C25H17Cl4F3N2O3. The first kappa shape index (κ1) is 28.9. The number of nitriles is 1. The molecule has 2 aromatic carbocycles. The van der Waals surface area contributed by atoms with Crippen molar-refractivity contribution >= 4 is 52.2 Å². The number of rotatable bonds is 8. The number of aromatic nitrogens is 1. The van der Waals surface area contributed by atoms with Crippen LogP contribution in [-0.2, 0) is 16.4 Å². The van der Waals surface area contributed by atoms with Gasteiger partial charge < -0.3 is 9.47 Å². The summed E-state index contributed by atoms with van der Waals surface area (Å²) in [6.07, 6.45) is -4.12. The molecule has 194 valence electrons. The van der Waals surface area contributed by atoms with Crippen LogP contribution in [-0.4, -0.2) is 23.0 Å². The number of hydrogen-bond donors (Lipinski definition) is 0. The van der Waals surface area contributed by atoms with Gasteiger partial charge in [0, 0.05) is 16.2 Å². The number of carbonyl (C=O) groups is 1. The Labute approximate surface area is 230 Å². The first-order valence-corrected chi connectivity index (χ1v) is 11.9. The molecule has 1 heterocycles. The van der Waals surface area contributed by atoms with Gasteiger partial charge in [0.1, 0.15) is 22.8 Å². The van der Waals surface area contributed by atoms with Crippen molar-refractivity contribution in [3.05, 3.63) is 85.9 Å². The topological polar surface area (TPSA) is 72.2 Å². The number of para-hydroxylation sites is 1. The van der Waals surface area contributed by atoms with Crippen molar-refractivity contribution in [1.82, 2.24) is 4.98 Å². The molecule has 5 nitrogen and oxygen atoms in total. The Hall–Kier alpha value is -2.70. The van der Waals surface area contributed by atoms with Gasteiger partial charge in [-0.25, -0.2) is 4.98 Å². The van der Waals surface area contributed by atoms with Gasteiger partial charge in [0.15, 0.2) is 5.60 Å². The third-order valence-corrected chi connectivity index (χ3v) is 6.55. The number of Topliss-reactive ketones (excluding diaryl/α,β-unsaturated/α-hetero) is 1. The number of carbonyl (C=O) groups excluding carboxylic acids is 1. The minimum atomic E-state index is -4.67. The van der Waals surface area contributed by atoms with E-state index in [0.717, 1.165) is 0 Å². The van der Waals surface area contributed by atoms with Gasteiger partial charge in [0.2, 0.25) is 11.7 Å². The number of ketones is 1. The number of alkyl halides is 3. The van der Waals surface area contributed by atoms with Crippen molar-refractivity contribution in [2.24, 2.45) is 0 Å². The normalized spacial score (nSPS) is 14.7. The quantitative estimate of drug-likeness (QED) is 0.265. The number of nitrogens with zero attached hydrogens (tertiary/aromatic N) is 2. The maximum Gasteiger partial charge on any atom is 0.417 e. The molecule has 12 heteroatoms. The Balaban J connectivity index is 2.04. The van der Waals surface area contributed by atoms with Crippen molar-refractivity contribution in [3.8, 4) is 17.7 Å². The highest BCUT2D eigenvalue weighted by atomic mass is 35.5. The molecule has 2 atom stereocenters. The summed E-state index contributed by atoms with van der Waals surface area (Å²) in [7, 11) is 0. The SMILES string of the molecule is CC(COc1ncc(C(F)(F)F)cc1Cl)(Oc1ccccc1Cl)C(=O)C(C)(C#N)c1ccc(Cl)cc1Cl.